The molecule has 1 aliphatic rings. The third kappa shape index (κ3) is 2.53. The van der Waals surface area contributed by atoms with Crippen molar-refractivity contribution in [2.45, 2.75) is 6.54 Å². The molecular weight excluding hydrogens is 366 g/mol. The van der Waals surface area contributed by atoms with Crippen LogP contribution < -0.4 is 10.6 Å². The first-order chi connectivity index (χ1) is 14.1. The van der Waals surface area contributed by atoms with Gasteiger partial charge in [-0.3, -0.25) is 14.9 Å². The number of aromatic hydroxyl groups is 1. The molecule has 3 N–H and O–H groups in total. The standard InChI is InChI=1S/C23H19N3O3/c1-24-9-10-26-17-8-7-14(27)11-16(17)19-18(26)12-15(13-5-3-2-4-6-13)20-21(19)23(29)25-22(20)28/h2-8,11-12,24,27H,9-10H2,1H3,(H,25,28,29). The van der Waals surface area contributed by atoms with Gasteiger partial charge in [-0.05, 0) is 42.4 Å². The van der Waals surface area contributed by atoms with E-state index in [-0.39, 0.29) is 11.7 Å². The van der Waals surface area contributed by atoms with E-state index < -0.39 is 5.91 Å². The average molecular weight is 385 g/mol. The minimum Gasteiger partial charge on any atom is -0.508 e. The van der Waals surface area contributed by atoms with Crippen LogP contribution in [0.5, 0.6) is 5.75 Å². The molecule has 0 spiro atoms. The average Bonchev–Trinajstić information content (AvgIpc) is 3.19. The van der Waals surface area contributed by atoms with Gasteiger partial charge in [0.1, 0.15) is 5.75 Å². The second kappa shape index (κ2) is 6.46. The van der Waals surface area contributed by atoms with Crippen molar-refractivity contribution in [1.29, 1.82) is 0 Å². The zero-order valence-corrected chi connectivity index (χ0v) is 15.8. The number of amides is 2. The van der Waals surface area contributed by atoms with Gasteiger partial charge in [-0.15, -0.1) is 0 Å². The lowest BCUT2D eigenvalue weighted by Crippen LogP contribution is -2.20. The van der Waals surface area contributed by atoms with Crippen molar-refractivity contribution in [2.24, 2.45) is 0 Å². The lowest BCUT2D eigenvalue weighted by molar-refractivity contribution is 0.0880. The molecule has 0 fully saturated rings. The third-order valence-electron chi connectivity index (χ3n) is 5.49. The molecule has 29 heavy (non-hydrogen) atoms. The Morgan fingerprint density at radius 2 is 1.72 bits per heavy atom. The topological polar surface area (TPSA) is 83.4 Å². The number of aromatic nitrogens is 1. The highest BCUT2D eigenvalue weighted by molar-refractivity contribution is 6.32. The van der Waals surface area contributed by atoms with Crippen molar-refractivity contribution in [3.05, 3.63) is 65.7 Å². The summed E-state index contributed by atoms with van der Waals surface area (Å²) in [6.07, 6.45) is 0. The fourth-order valence-corrected chi connectivity index (χ4v) is 4.24. The predicted molar refractivity (Wildman–Crippen MR) is 112 cm³/mol. The summed E-state index contributed by atoms with van der Waals surface area (Å²) in [4.78, 5) is 25.5. The van der Waals surface area contributed by atoms with E-state index in [1.807, 2.05) is 49.5 Å². The van der Waals surface area contributed by atoms with Crippen LogP contribution in [0.15, 0.2) is 54.6 Å². The van der Waals surface area contributed by atoms with E-state index in [9.17, 15) is 14.7 Å². The van der Waals surface area contributed by atoms with Gasteiger partial charge in [0.05, 0.1) is 16.6 Å². The van der Waals surface area contributed by atoms with Crippen LogP contribution in [0.4, 0.5) is 0 Å². The normalized spacial score (nSPS) is 13.3. The highest BCUT2D eigenvalue weighted by atomic mass is 16.3. The molecule has 2 heterocycles. The van der Waals surface area contributed by atoms with E-state index in [4.69, 9.17) is 0 Å². The summed E-state index contributed by atoms with van der Waals surface area (Å²) in [7, 11) is 1.89. The fraction of sp³-hybridized carbons (Fsp3) is 0.130. The summed E-state index contributed by atoms with van der Waals surface area (Å²) in [5.41, 5.74) is 4.16. The van der Waals surface area contributed by atoms with Gasteiger partial charge < -0.3 is 15.0 Å². The number of likely N-dealkylation sites (N-methyl/N-ethyl adjacent to an activating group) is 1. The molecule has 144 valence electrons. The number of nitrogens with one attached hydrogen (secondary N) is 2. The number of nitrogens with zero attached hydrogens (tertiary/aromatic N) is 1. The Morgan fingerprint density at radius 3 is 2.48 bits per heavy atom. The number of hydrogen-bond donors (Lipinski definition) is 3. The van der Waals surface area contributed by atoms with Crippen LogP contribution in [0.3, 0.4) is 0 Å². The van der Waals surface area contributed by atoms with Crippen LogP contribution >= 0.6 is 0 Å². The SMILES string of the molecule is CNCCn1c2ccc(O)cc2c2c3c(c(-c4ccccc4)cc21)C(=O)NC3=O. The molecule has 0 saturated heterocycles. The van der Waals surface area contributed by atoms with Crippen LogP contribution in [0.1, 0.15) is 20.7 Å². The first-order valence-electron chi connectivity index (χ1n) is 9.47. The van der Waals surface area contributed by atoms with Crippen molar-refractivity contribution in [2.75, 3.05) is 13.6 Å². The largest absolute Gasteiger partial charge is 0.508 e. The van der Waals surface area contributed by atoms with Gasteiger partial charge in [0, 0.05) is 29.4 Å². The van der Waals surface area contributed by atoms with E-state index in [1.54, 1.807) is 12.1 Å². The van der Waals surface area contributed by atoms with E-state index >= 15 is 0 Å². The minimum atomic E-state index is -0.399. The van der Waals surface area contributed by atoms with Crippen LogP contribution in [-0.2, 0) is 6.54 Å². The molecule has 2 amide bonds. The Labute approximate surface area is 166 Å². The Balaban J connectivity index is 1.97. The molecule has 6 nitrogen and oxygen atoms in total. The van der Waals surface area contributed by atoms with Crippen molar-refractivity contribution >= 4 is 33.6 Å². The number of imide groups is 1. The number of phenols is 1. The maximum absolute atomic E-state index is 12.8. The first kappa shape index (κ1) is 17.5. The van der Waals surface area contributed by atoms with Crippen molar-refractivity contribution in [3.8, 4) is 16.9 Å². The number of rotatable bonds is 4. The summed E-state index contributed by atoms with van der Waals surface area (Å²) in [5.74, 6) is -0.665. The highest BCUT2D eigenvalue weighted by Crippen LogP contribution is 2.41. The molecule has 0 aliphatic carbocycles. The molecule has 0 unspecified atom stereocenters. The Hall–Kier alpha value is -3.64. The number of carbonyl (C=O) groups is 2. The van der Waals surface area contributed by atoms with Crippen LogP contribution in [0, 0.1) is 0 Å². The fourth-order valence-electron chi connectivity index (χ4n) is 4.24. The summed E-state index contributed by atoms with van der Waals surface area (Å²) in [6.45, 7) is 1.42. The zero-order chi connectivity index (χ0) is 20.1. The lowest BCUT2D eigenvalue weighted by Gasteiger charge is -2.11. The molecule has 0 saturated carbocycles. The maximum Gasteiger partial charge on any atom is 0.259 e. The molecule has 0 bridgehead atoms. The Morgan fingerprint density at radius 1 is 0.966 bits per heavy atom. The Kier molecular flexibility index (Phi) is 3.89. The number of benzene rings is 3. The van der Waals surface area contributed by atoms with Crippen LogP contribution in [-0.4, -0.2) is 35.1 Å². The Bertz CT molecular complexity index is 1310. The molecule has 5 rings (SSSR count). The third-order valence-corrected chi connectivity index (χ3v) is 5.49. The predicted octanol–water partition coefficient (Wildman–Crippen LogP) is 3.27. The summed E-state index contributed by atoms with van der Waals surface area (Å²) in [6, 6.07) is 16.7. The number of carbonyl (C=O) groups excluding carboxylic acids is 2. The van der Waals surface area contributed by atoms with Gasteiger partial charge in [0.2, 0.25) is 0 Å². The van der Waals surface area contributed by atoms with Gasteiger partial charge in [-0.25, -0.2) is 0 Å². The highest BCUT2D eigenvalue weighted by Gasteiger charge is 2.34. The molecule has 0 atom stereocenters. The van der Waals surface area contributed by atoms with E-state index in [0.717, 1.165) is 34.1 Å². The van der Waals surface area contributed by atoms with Crippen LogP contribution in [0.25, 0.3) is 32.9 Å². The molecule has 4 aromatic rings. The maximum atomic E-state index is 12.8. The van der Waals surface area contributed by atoms with E-state index in [2.05, 4.69) is 15.2 Å². The van der Waals surface area contributed by atoms with Crippen molar-refractivity contribution in [3.63, 3.8) is 0 Å². The first-order valence-corrected chi connectivity index (χ1v) is 9.47. The summed E-state index contributed by atoms with van der Waals surface area (Å²) >= 11 is 0. The van der Waals surface area contributed by atoms with Gasteiger partial charge in [-0.2, -0.15) is 0 Å². The molecule has 1 aromatic heterocycles. The molecule has 6 heteroatoms. The number of fused-ring (bicyclic) bond motifs is 5. The van der Waals surface area contributed by atoms with E-state index in [1.165, 1.54) is 0 Å². The van der Waals surface area contributed by atoms with Gasteiger partial charge in [0.25, 0.3) is 11.8 Å². The second-order valence-corrected chi connectivity index (χ2v) is 7.17. The molecule has 3 aromatic carbocycles. The number of hydrogen-bond acceptors (Lipinski definition) is 4. The van der Waals surface area contributed by atoms with Crippen molar-refractivity contribution in [1.82, 2.24) is 15.2 Å². The lowest BCUT2D eigenvalue weighted by atomic mass is 9.93. The monoisotopic (exact) mass is 385 g/mol. The molecule has 1 aliphatic heterocycles. The summed E-state index contributed by atoms with van der Waals surface area (Å²) < 4.78 is 2.13. The van der Waals surface area contributed by atoms with Gasteiger partial charge in [0.15, 0.2) is 0 Å². The second-order valence-electron chi connectivity index (χ2n) is 7.17. The molecule has 0 radical (unpaired) electrons. The van der Waals surface area contributed by atoms with Gasteiger partial charge in [-0.1, -0.05) is 30.3 Å². The van der Waals surface area contributed by atoms with Crippen LogP contribution in [0.2, 0.25) is 0 Å². The van der Waals surface area contributed by atoms with E-state index in [0.29, 0.717) is 23.1 Å². The van der Waals surface area contributed by atoms with Crippen molar-refractivity contribution < 1.29 is 14.7 Å². The quantitative estimate of drug-likeness (QED) is 0.471. The minimum absolute atomic E-state index is 0.121. The van der Waals surface area contributed by atoms with Gasteiger partial charge >= 0.3 is 0 Å². The number of phenolic OH excluding ortho intramolecular Hbond substituents is 1. The summed E-state index contributed by atoms with van der Waals surface area (Å²) in [5, 5.41) is 17.2. The molecular formula is C23H19N3O3. The smallest absolute Gasteiger partial charge is 0.259 e. The zero-order valence-electron chi connectivity index (χ0n) is 15.8.